The topological polar surface area (TPSA) is 79.8 Å². The number of anilines is 6. The molecule has 0 bridgehead atoms. The Bertz CT molecular complexity index is 3590. The van der Waals surface area contributed by atoms with Crippen LogP contribution in [0.25, 0.3) is 43.8 Å². The van der Waals surface area contributed by atoms with E-state index < -0.39 is 5.41 Å². The molecular formula is C59H38N6. The predicted octanol–water partition coefficient (Wildman–Crippen LogP) is 14.4. The summed E-state index contributed by atoms with van der Waals surface area (Å²) in [6, 6.07) is 69.0. The number of aromatic nitrogens is 2. The van der Waals surface area contributed by atoms with E-state index in [0.717, 1.165) is 50.9 Å². The fourth-order valence-electron chi connectivity index (χ4n) is 10.6. The Labute approximate surface area is 377 Å². The van der Waals surface area contributed by atoms with Crippen molar-refractivity contribution in [1.29, 1.82) is 10.5 Å². The van der Waals surface area contributed by atoms with Crippen LogP contribution >= 0.6 is 0 Å². The van der Waals surface area contributed by atoms with Crippen molar-refractivity contribution in [2.75, 3.05) is 9.80 Å². The van der Waals surface area contributed by atoms with Gasteiger partial charge in [-0.25, -0.2) is 0 Å². The van der Waals surface area contributed by atoms with Crippen molar-refractivity contribution >= 4 is 55.7 Å². The van der Waals surface area contributed by atoms with Gasteiger partial charge in [0.05, 0.1) is 52.4 Å². The van der Waals surface area contributed by atoms with E-state index in [1.54, 1.807) is 0 Å². The SMILES string of the molecule is Cc1ccc(N(c2ccc(C#N)cc2)c2ccc3c(c2)C2(c4ccccc4-c4ccccc42)c2c-3c3ccccc3c3cc(N(c4ccc(C#N)cc4)c4ccc(C)nc4)ccc23)cn1. The van der Waals surface area contributed by atoms with Crippen LogP contribution in [-0.2, 0) is 5.41 Å². The highest BCUT2D eigenvalue weighted by molar-refractivity contribution is 6.20. The van der Waals surface area contributed by atoms with E-state index in [2.05, 4.69) is 143 Å². The molecule has 2 heterocycles. The van der Waals surface area contributed by atoms with E-state index in [0.29, 0.717) is 11.1 Å². The molecule has 12 rings (SSSR count). The molecule has 2 aliphatic carbocycles. The highest BCUT2D eigenvalue weighted by Gasteiger charge is 2.53. The summed E-state index contributed by atoms with van der Waals surface area (Å²) in [5.41, 5.74) is 18.0. The average Bonchev–Trinajstić information content (AvgIpc) is 3.83. The molecule has 6 heteroatoms. The van der Waals surface area contributed by atoms with Crippen LogP contribution < -0.4 is 9.80 Å². The summed E-state index contributed by atoms with van der Waals surface area (Å²) in [7, 11) is 0. The molecule has 0 aliphatic heterocycles. The van der Waals surface area contributed by atoms with Crippen LogP contribution in [0, 0.1) is 36.5 Å². The first kappa shape index (κ1) is 37.9. The maximum absolute atomic E-state index is 9.74. The number of nitriles is 2. The van der Waals surface area contributed by atoms with E-state index in [-0.39, 0.29) is 0 Å². The van der Waals surface area contributed by atoms with E-state index in [9.17, 15) is 10.5 Å². The van der Waals surface area contributed by atoms with Gasteiger partial charge < -0.3 is 9.80 Å². The Morgan fingerprint density at radius 1 is 0.400 bits per heavy atom. The van der Waals surface area contributed by atoms with Gasteiger partial charge in [-0.15, -0.1) is 0 Å². The van der Waals surface area contributed by atoms with Gasteiger partial charge in [-0.1, -0.05) is 84.9 Å². The second-order valence-electron chi connectivity index (χ2n) is 16.9. The first-order valence-corrected chi connectivity index (χ1v) is 21.8. The zero-order chi connectivity index (χ0) is 43.8. The van der Waals surface area contributed by atoms with Crippen LogP contribution in [0.15, 0.2) is 194 Å². The second kappa shape index (κ2) is 14.6. The lowest BCUT2D eigenvalue weighted by molar-refractivity contribution is 0.801. The Balaban J connectivity index is 1.17. The number of pyridine rings is 2. The van der Waals surface area contributed by atoms with Crippen LogP contribution in [0.3, 0.4) is 0 Å². The van der Waals surface area contributed by atoms with E-state index >= 15 is 0 Å². The Hall–Kier alpha value is -8.84. The molecule has 0 amide bonds. The predicted molar refractivity (Wildman–Crippen MR) is 262 cm³/mol. The van der Waals surface area contributed by atoms with Crippen LogP contribution in [0.4, 0.5) is 34.1 Å². The number of hydrogen-bond acceptors (Lipinski definition) is 6. The zero-order valence-corrected chi connectivity index (χ0v) is 35.7. The van der Waals surface area contributed by atoms with Crippen molar-refractivity contribution < 1.29 is 0 Å². The number of rotatable bonds is 6. The summed E-state index contributed by atoms with van der Waals surface area (Å²) in [5.74, 6) is 0. The van der Waals surface area contributed by atoms with Crippen molar-refractivity contribution in [3.05, 3.63) is 239 Å². The summed E-state index contributed by atoms with van der Waals surface area (Å²) in [6.07, 6.45) is 3.85. The number of fused-ring (bicyclic) bond motifs is 15. The number of aryl methyl sites for hydroxylation is 2. The van der Waals surface area contributed by atoms with Crippen molar-refractivity contribution in [2.45, 2.75) is 19.3 Å². The summed E-state index contributed by atoms with van der Waals surface area (Å²) in [6.45, 7) is 4.00. The molecule has 0 unspecified atom stereocenters. The van der Waals surface area contributed by atoms with Gasteiger partial charge in [0.25, 0.3) is 0 Å². The van der Waals surface area contributed by atoms with Crippen LogP contribution in [0.1, 0.15) is 44.8 Å². The van der Waals surface area contributed by atoms with E-state index in [4.69, 9.17) is 9.97 Å². The summed E-state index contributed by atoms with van der Waals surface area (Å²) in [5, 5.41) is 24.1. The first-order valence-electron chi connectivity index (χ1n) is 21.8. The Kier molecular flexibility index (Phi) is 8.53. The van der Waals surface area contributed by atoms with Crippen LogP contribution in [-0.4, -0.2) is 9.97 Å². The molecule has 0 N–H and O–H groups in total. The van der Waals surface area contributed by atoms with Gasteiger partial charge in [-0.3, -0.25) is 9.97 Å². The lowest BCUT2D eigenvalue weighted by Crippen LogP contribution is -2.26. The Morgan fingerprint density at radius 3 is 1.42 bits per heavy atom. The molecule has 6 nitrogen and oxygen atoms in total. The van der Waals surface area contributed by atoms with Crippen molar-refractivity contribution in [2.24, 2.45) is 0 Å². The summed E-state index contributed by atoms with van der Waals surface area (Å²) >= 11 is 0. The molecule has 2 aromatic heterocycles. The molecule has 304 valence electrons. The normalized spacial score (nSPS) is 12.6. The van der Waals surface area contributed by atoms with Gasteiger partial charge >= 0.3 is 0 Å². The number of hydrogen-bond donors (Lipinski definition) is 0. The molecular weight excluding hydrogens is 793 g/mol. The van der Waals surface area contributed by atoms with Gasteiger partial charge in [0.1, 0.15) is 0 Å². The largest absolute Gasteiger partial charge is 0.309 e. The molecule has 65 heavy (non-hydrogen) atoms. The highest BCUT2D eigenvalue weighted by Crippen LogP contribution is 2.66. The zero-order valence-electron chi connectivity index (χ0n) is 35.7. The van der Waals surface area contributed by atoms with E-state index in [1.807, 2.05) is 86.9 Å². The molecule has 8 aromatic carbocycles. The molecule has 1 spiro atoms. The summed E-state index contributed by atoms with van der Waals surface area (Å²) in [4.78, 5) is 13.9. The Morgan fingerprint density at radius 2 is 0.877 bits per heavy atom. The molecule has 0 atom stereocenters. The van der Waals surface area contributed by atoms with Crippen LogP contribution in [0.5, 0.6) is 0 Å². The number of benzene rings is 8. The molecule has 2 aliphatic rings. The quantitative estimate of drug-likeness (QED) is 0.155. The maximum atomic E-state index is 9.74. The summed E-state index contributed by atoms with van der Waals surface area (Å²) < 4.78 is 0. The highest BCUT2D eigenvalue weighted by atomic mass is 15.2. The fourth-order valence-corrected chi connectivity index (χ4v) is 10.6. The lowest BCUT2D eigenvalue weighted by Gasteiger charge is -2.33. The van der Waals surface area contributed by atoms with Gasteiger partial charge in [0.15, 0.2) is 0 Å². The minimum absolute atomic E-state index is 0.607. The maximum Gasteiger partial charge on any atom is 0.0991 e. The standard InChI is InChI=1S/C59H38N6/c1-37-15-21-45(35-62-37)64(41-23-17-39(33-60)18-24-41)43-27-29-51-53(31-43)47-9-3-4-12-50(47)57-52-30-28-44(65(46-22-16-38(2)63-36-46)42-25-19-40(34-61)20-26-42)32-56(52)59(58(51)57)54-13-7-5-10-48(54)49-11-6-8-14-55(49)59/h3-32,35-36H,1-2H3. The second-order valence-corrected chi connectivity index (χ2v) is 16.9. The molecule has 10 aromatic rings. The number of nitrogens with zero attached hydrogens (tertiary/aromatic N) is 6. The van der Waals surface area contributed by atoms with Gasteiger partial charge in [0.2, 0.25) is 0 Å². The van der Waals surface area contributed by atoms with Crippen molar-refractivity contribution in [3.8, 4) is 34.4 Å². The third-order valence-electron chi connectivity index (χ3n) is 13.3. The minimum atomic E-state index is -0.673. The smallest absolute Gasteiger partial charge is 0.0991 e. The van der Waals surface area contributed by atoms with Gasteiger partial charge in [-0.2, -0.15) is 10.5 Å². The van der Waals surface area contributed by atoms with E-state index in [1.165, 1.54) is 60.7 Å². The first-order chi connectivity index (χ1) is 32.0. The minimum Gasteiger partial charge on any atom is -0.309 e. The van der Waals surface area contributed by atoms with Crippen molar-refractivity contribution in [3.63, 3.8) is 0 Å². The van der Waals surface area contributed by atoms with Gasteiger partial charge in [-0.05, 0) is 177 Å². The van der Waals surface area contributed by atoms with Crippen molar-refractivity contribution in [1.82, 2.24) is 9.97 Å². The van der Waals surface area contributed by atoms with Gasteiger partial charge in [0, 0.05) is 34.1 Å². The molecule has 0 saturated carbocycles. The third-order valence-corrected chi connectivity index (χ3v) is 13.3. The molecule has 0 radical (unpaired) electrons. The van der Waals surface area contributed by atoms with Crippen LogP contribution in [0.2, 0.25) is 0 Å². The fraction of sp³-hybridized carbons (Fsp3) is 0.0508. The molecule has 0 saturated heterocycles. The molecule has 0 fully saturated rings. The monoisotopic (exact) mass is 830 g/mol. The average molecular weight is 831 g/mol. The lowest BCUT2D eigenvalue weighted by atomic mass is 9.69. The third kappa shape index (κ3) is 5.65.